The molecule has 0 aliphatic carbocycles. The molecule has 1 aromatic carbocycles. The molecule has 0 saturated heterocycles. The smallest absolute Gasteiger partial charge is 0.326 e. The van der Waals surface area contributed by atoms with Gasteiger partial charge in [-0.1, -0.05) is 30.4 Å². The van der Waals surface area contributed by atoms with Gasteiger partial charge < -0.3 is 14.8 Å². The number of allylic oxidation sites excluding steroid dienone is 1. The Bertz CT molecular complexity index is 699. The third-order valence-corrected chi connectivity index (χ3v) is 3.18. The molecular formula is C16H17NO4. The number of carboxylic acids is 1. The fourth-order valence-corrected chi connectivity index (χ4v) is 2.04. The maximum Gasteiger partial charge on any atom is 0.326 e. The molecule has 0 bridgehead atoms. The number of carbonyl (C=O) groups is 2. The molecule has 1 amide bonds. The van der Waals surface area contributed by atoms with E-state index in [0.717, 1.165) is 10.9 Å². The standard InChI is InChI=1S/C16H17NO4/c1-3-4-8-12(16(19)20)17-15(18)13-9-11-7-5-6-10(2)14(11)21-13/h3-7,9,12H,8H2,1-2H3,(H,17,18)(H,19,20)/b4-3+. The Hall–Kier alpha value is -2.56. The second-order valence-corrected chi connectivity index (χ2v) is 4.77. The van der Waals surface area contributed by atoms with Gasteiger partial charge in [0.05, 0.1) is 0 Å². The second-order valence-electron chi connectivity index (χ2n) is 4.77. The number of hydrogen-bond donors (Lipinski definition) is 2. The minimum Gasteiger partial charge on any atom is -0.480 e. The van der Waals surface area contributed by atoms with Crippen LogP contribution in [0.4, 0.5) is 0 Å². The van der Waals surface area contributed by atoms with E-state index in [-0.39, 0.29) is 12.2 Å². The topological polar surface area (TPSA) is 79.5 Å². The molecule has 2 rings (SSSR count). The maximum absolute atomic E-state index is 12.1. The molecule has 2 aromatic rings. The number of para-hydroxylation sites is 1. The molecule has 1 unspecified atom stereocenters. The van der Waals surface area contributed by atoms with Gasteiger partial charge in [-0.05, 0) is 31.9 Å². The molecule has 1 aromatic heterocycles. The summed E-state index contributed by atoms with van der Waals surface area (Å²) < 4.78 is 5.52. The molecule has 5 heteroatoms. The van der Waals surface area contributed by atoms with Crippen molar-refractivity contribution in [2.45, 2.75) is 26.3 Å². The maximum atomic E-state index is 12.1. The molecule has 0 radical (unpaired) electrons. The molecule has 0 spiro atoms. The number of aryl methyl sites for hydroxylation is 1. The number of carbonyl (C=O) groups excluding carboxylic acids is 1. The Kier molecular flexibility index (Phi) is 4.42. The first-order valence-electron chi connectivity index (χ1n) is 6.67. The first-order chi connectivity index (χ1) is 10.0. The van der Waals surface area contributed by atoms with Crippen molar-refractivity contribution < 1.29 is 19.1 Å². The zero-order chi connectivity index (χ0) is 15.4. The van der Waals surface area contributed by atoms with Gasteiger partial charge in [0.1, 0.15) is 11.6 Å². The second kappa shape index (κ2) is 6.26. The van der Waals surface area contributed by atoms with E-state index < -0.39 is 17.9 Å². The van der Waals surface area contributed by atoms with Crippen molar-refractivity contribution in [1.82, 2.24) is 5.32 Å². The van der Waals surface area contributed by atoms with Gasteiger partial charge in [-0.25, -0.2) is 4.79 Å². The Labute approximate surface area is 122 Å². The lowest BCUT2D eigenvalue weighted by Crippen LogP contribution is -2.40. The average Bonchev–Trinajstić information content (AvgIpc) is 2.88. The molecule has 21 heavy (non-hydrogen) atoms. The van der Waals surface area contributed by atoms with Crippen LogP contribution in [0.2, 0.25) is 0 Å². The number of rotatable bonds is 5. The van der Waals surface area contributed by atoms with E-state index in [0.29, 0.717) is 5.58 Å². The highest BCUT2D eigenvalue weighted by Gasteiger charge is 2.21. The summed E-state index contributed by atoms with van der Waals surface area (Å²) in [5.41, 5.74) is 1.57. The number of aliphatic carboxylic acids is 1. The number of amides is 1. The summed E-state index contributed by atoms with van der Waals surface area (Å²) in [6, 6.07) is 6.26. The summed E-state index contributed by atoms with van der Waals surface area (Å²) in [7, 11) is 0. The van der Waals surface area contributed by atoms with Gasteiger partial charge in [-0.3, -0.25) is 4.79 Å². The van der Waals surface area contributed by atoms with Crippen molar-refractivity contribution in [3.05, 3.63) is 47.7 Å². The van der Waals surface area contributed by atoms with E-state index in [1.165, 1.54) is 0 Å². The molecule has 2 N–H and O–H groups in total. The average molecular weight is 287 g/mol. The van der Waals surface area contributed by atoms with Crippen LogP contribution in [0.1, 0.15) is 29.5 Å². The first-order valence-corrected chi connectivity index (χ1v) is 6.67. The molecule has 0 saturated carbocycles. The van der Waals surface area contributed by atoms with Gasteiger partial charge in [0.25, 0.3) is 5.91 Å². The zero-order valence-corrected chi connectivity index (χ0v) is 11.9. The minimum atomic E-state index is -1.08. The highest BCUT2D eigenvalue weighted by Crippen LogP contribution is 2.22. The monoisotopic (exact) mass is 287 g/mol. The third kappa shape index (κ3) is 3.31. The normalized spacial score (nSPS) is 12.7. The minimum absolute atomic E-state index is 0.117. The molecule has 0 aliphatic heterocycles. The summed E-state index contributed by atoms with van der Waals surface area (Å²) in [6.45, 7) is 3.68. The molecular weight excluding hydrogens is 270 g/mol. The molecule has 0 fully saturated rings. The van der Waals surface area contributed by atoms with Crippen LogP contribution < -0.4 is 5.32 Å². The van der Waals surface area contributed by atoms with Crippen molar-refractivity contribution in [3.8, 4) is 0 Å². The van der Waals surface area contributed by atoms with E-state index in [1.807, 2.05) is 25.1 Å². The fourth-order valence-electron chi connectivity index (χ4n) is 2.04. The Morgan fingerprint density at radius 2 is 2.19 bits per heavy atom. The van der Waals surface area contributed by atoms with E-state index in [1.54, 1.807) is 25.1 Å². The fraction of sp³-hybridized carbons (Fsp3) is 0.250. The highest BCUT2D eigenvalue weighted by molar-refractivity contribution is 5.98. The van der Waals surface area contributed by atoms with Crippen LogP contribution in [0.5, 0.6) is 0 Å². The number of fused-ring (bicyclic) bond motifs is 1. The molecule has 110 valence electrons. The van der Waals surface area contributed by atoms with E-state index in [4.69, 9.17) is 9.52 Å². The van der Waals surface area contributed by atoms with Crippen molar-refractivity contribution in [3.63, 3.8) is 0 Å². The van der Waals surface area contributed by atoms with Gasteiger partial charge in [-0.15, -0.1) is 0 Å². The first kappa shape index (κ1) is 14.8. The quantitative estimate of drug-likeness (QED) is 0.829. The third-order valence-electron chi connectivity index (χ3n) is 3.18. The largest absolute Gasteiger partial charge is 0.480 e. The van der Waals surface area contributed by atoms with Gasteiger partial charge >= 0.3 is 5.97 Å². The zero-order valence-electron chi connectivity index (χ0n) is 11.9. The molecule has 5 nitrogen and oxygen atoms in total. The van der Waals surface area contributed by atoms with Crippen LogP contribution >= 0.6 is 0 Å². The lowest BCUT2D eigenvalue weighted by Gasteiger charge is -2.11. The van der Waals surface area contributed by atoms with Crippen LogP contribution in [0, 0.1) is 6.92 Å². The predicted octanol–water partition coefficient (Wildman–Crippen LogP) is 2.89. The molecule has 1 heterocycles. The molecule has 1 atom stereocenters. The summed E-state index contributed by atoms with van der Waals surface area (Å²) in [4.78, 5) is 23.2. The summed E-state index contributed by atoms with van der Waals surface area (Å²) in [5.74, 6) is -1.48. The van der Waals surface area contributed by atoms with Gasteiger partial charge in [0.2, 0.25) is 0 Å². The van der Waals surface area contributed by atoms with Crippen molar-refractivity contribution in [1.29, 1.82) is 0 Å². The van der Waals surface area contributed by atoms with Crippen molar-refractivity contribution >= 4 is 22.8 Å². The summed E-state index contributed by atoms with van der Waals surface area (Å²) >= 11 is 0. The van der Waals surface area contributed by atoms with Gasteiger partial charge in [0, 0.05) is 5.39 Å². The van der Waals surface area contributed by atoms with Gasteiger partial charge in [0.15, 0.2) is 5.76 Å². The SMILES string of the molecule is C/C=C/CC(NC(=O)c1cc2cccc(C)c2o1)C(=O)O. The summed E-state index contributed by atoms with van der Waals surface area (Å²) in [5, 5.41) is 12.4. The summed E-state index contributed by atoms with van der Waals surface area (Å²) in [6.07, 6.45) is 3.67. The van der Waals surface area contributed by atoms with Crippen LogP contribution in [-0.2, 0) is 4.79 Å². The number of nitrogens with one attached hydrogen (secondary N) is 1. The Morgan fingerprint density at radius 3 is 2.81 bits per heavy atom. The number of furan rings is 1. The Morgan fingerprint density at radius 1 is 1.43 bits per heavy atom. The van der Waals surface area contributed by atoms with E-state index in [2.05, 4.69) is 5.32 Å². The Balaban J connectivity index is 2.21. The van der Waals surface area contributed by atoms with E-state index in [9.17, 15) is 9.59 Å². The van der Waals surface area contributed by atoms with Crippen molar-refractivity contribution in [2.75, 3.05) is 0 Å². The number of carboxylic acid groups (broad SMARTS) is 1. The van der Waals surface area contributed by atoms with Crippen molar-refractivity contribution in [2.24, 2.45) is 0 Å². The lowest BCUT2D eigenvalue weighted by atomic mass is 10.1. The van der Waals surface area contributed by atoms with E-state index >= 15 is 0 Å². The number of benzene rings is 1. The van der Waals surface area contributed by atoms with Crippen LogP contribution in [0.3, 0.4) is 0 Å². The molecule has 0 aliphatic rings. The van der Waals surface area contributed by atoms with Crippen LogP contribution in [0.25, 0.3) is 11.0 Å². The highest BCUT2D eigenvalue weighted by atomic mass is 16.4. The number of hydrogen-bond acceptors (Lipinski definition) is 3. The van der Waals surface area contributed by atoms with Crippen LogP contribution in [-0.4, -0.2) is 23.0 Å². The lowest BCUT2D eigenvalue weighted by molar-refractivity contribution is -0.139. The predicted molar refractivity (Wildman–Crippen MR) is 79.3 cm³/mol. The van der Waals surface area contributed by atoms with Gasteiger partial charge in [-0.2, -0.15) is 0 Å². The van der Waals surface area contributed by atoms with Crippen LogP contribution in [0.15, 0.2) is 40.8 Å².